The smallest absolute Gasteiger partial charge is 0.320 e. The molecule has 1 atom stereocenters. The molecule has 1 aromatic rings. The molecule has 0 aliphatic carbocycles. The van der Waals surface area contributed by atoms with Crippen LogP contribution >= 0.6 is 0 Å². The van der Waals surface area contributed by atoms with E-state index in [9.17, 15) is 9.90 Å². The zero-order valence-electron chi connectivity index (χ0n) is 12.3. The van der Waals surface area contributed by atoms with Gasteiger partial charge in [-0.05, 0) is 31.5 Å². The summed E-state index contributed by atoms with van der Waals surface area (Å²) in [5.41, 5.74) is 1.78. The van der Waals surface area contributed by atoms with Gasteiger partial charge >= 0.3 is 6.03 Å². The lowest BCUT2D eigenvalue weighted by Gasteiger charge is -2.19. The van der Waals surface area contributed by atoms with Crippen molar-refractivity contribution in [2.24, 2.45) is 0 Å². The van der Waals surface area contributed by atoms with Crippen molar-refractivity contribution in [3.63, 3.8) is 0 Å². The largest absolute Gasteiger partial charge is 0.494 e. The van der Waals surface area contributed by atoms with Crippen LogP contribution in [0.2, 0.25) is 0 Å². The van der Waals surface area contributed by atoms with Crippen LogP contribution in [-0.2, 0) is 6.54 Å². The third kappa shape index (κ3) is 3.04. The summed E-state index contributed by atoms with van der Waals surface area (Å²) in [6.45, 7) is 6.22. The first-order chi connectivity index (χ1) is 9.52. The molecule has 1 aliphatic heterocycles. The maximum Gasteiger partial charge on any atom is 0.320 e. The minimum absolute atomic E-state index is 0.0369. The number of hydrogen-bond donors (Lipinski definition) is 1. The maximum atomic E-state index is 12.0. The van der Waals surface area contributed by atoms with Gasteiger partial charge in [-0.3, -0.25) is 0 Å². The number of aliphatic hydroxyl groups excluding tert-OH is 1. The first kappa shape index (κ1) is 14.7. The van der Waals surface area contributed by atoms with Crippen LogP contribution < -0.4 is 4.74 Å². The van der Waals surface area contributed by atoms with Gasteiger partial charge < -0.3 is 19.6 Å². The van der Waals surface area contributed by atoms with Crippen LogP contribution in [0, 0.1) is 0 Å². The molecule has 1 aromatic carbocycles. The Labute approximate surface area is 119 Å². The Kier molecular flexibility index (Phi) is 4.49. The molecular formula is C15H22N2O3. The summed E-state index contributed by atoms with van der Waals surface area (Å²) in [6, 6.07) is 5.68. The molecule has 0 saturated carbocycles. The lowest BCUT2D eigenvalue weighted by atomic mass is 10.1. The maximum absolute atomic E-state index is 12.0. The minimum Gasteiger partial charge on any atom is -0.494 e. The summed E-state index contributed by atoms with van der Waals surface area (Å²) in [7, 11) is 1.80. The molecule has 1 unspecified atom stereocenters. The summed E-state index contributed by atoms with van der Waals surface area (Å²) < 4.78 is 5.61. The molecular weight excluding hydrogens is 256 g/mol. The predicted molar refractivity (Wildman–Crippen MR) is 76.7 cm³/mol. The number of carbonyl (C=O) groups is 1. The van der Waals surface area contributed by atoms with Crippen molar-refractivity contribution in [1.29, 1.82) is 0 Å². The van der Waals surface area contributed by atoms with Gasteiger partial charge in [-0.15, -0.1) is 0 Å². The van der Waals surface area contributed by atoms with E-state index in [1.807, 2.05) is 25.1 Å². The Morgan fingerprint density at radius 3 is 2.70 bits per heavy atom. The van der Waals surface area contributed by atoms with Crippen LogP contribution in [0.3, 0.4) is 0 Å². The van der Waals surface area contributed by atoms with Gasteiger partial charge in [0, 0.05) is 25.7 Å². The van der Waals surface area contributed by atoms with Gasteiger partial charge in [0.05, 0.1) is 19.3 Å². The Morgan fingerprint density at radius 2 is 2.15 bits per heavy atom. The normalized spacial score (nSPS) is 16.7. The minimum atomic E-state index is -0.527. The van der Waals surface area contributed by atoms with Crippen LogP contribution in [0.1, 0.15) is 31.1 Å². The number of likely N-dealkylation sites (N-methyl/N-ethyl adjacent to an activating group) is 1. The third-order valence-corrected chi connectivity index (χ3v) is 3.53. The molecule has 1 N–H and O–H groups in total. The van der Waals surface area contributed by atoms with E-state index >= 15 is 0 Å². The third-order valence-electron chi connectivity index (χ3n) is 3.53. The second-order valence-electron chi connectivity index (χ2n) is 5.10. The topological polar surface area (TPSA) is 53.0 Å². The molecule has 1 aliphatic rings. The van der Waals surface area contributed by atoms with E-state index < -0.39 is 6.10 Å². The number of carbonyl (C=O) groups excluding carboxylic acids is 1. The second kappa shape index (κ2) is 6.13. The van der Waals surface area contributed by atoms with Gasteiger partial charge in [-0.25, -0.2) is 4.79 Å². The molecule has 1 heterocycles. The van der Waals surface area contributed by atoms with E-state index in [2.05, 4.69) is 0 Å². The van der Waals surface area contributed by atoms with Crippen molar-refractivity contribution in [1.82, 2.24) is 9.80 Å². The van der Waals surface area contributed by atoms with E-state index in [-0.39, 0.29) is 6.03 Å². The van der Waals surface area contributed by atoms with Gasteiger partial charge in [0.1, 0.15) is 5.75 Å². The van der Waals surface area contributed by atoms with Crippen LogP contribution in [-0.4, -0.2) is 47.7 Å². The van der Waals surface area contributed by atoms with E-state index in [0.717, 1.165) is 30.0 Å². The SMILES string of the molecule is CCOc1ccc(C(C)O)cc1CN1CCN(C)C1=O. The summed E-state index contributed by atoms with van der Waals surface area (Å²) in [6.07, 6.45) is -0.527. The molecule has 0 spiro atoms. The fraction of sp³-hybridized carbons (Fsp3) is 0.533. The molecule has 110 valence electrons. The van der Waals surface area contributed by atoms with Gasteiger partial charge in [0.15, 0.2) is 0 Å². The molecule has 20 heavy (non-hydrogen) atoms. The summed E-state index contributed by atoms with van der Waals surface area (Å²) in [5, 5.41) is 9.69. The van der Waals surface area contributed by atoms with Crippen LogP contribution in [0.25, 0.3) is 0 Å². The number of urea groups is 1. The molecule has 0 bridgehead atoms. The van der Waals surface area contributed by atoms with E-state index in [4.69, 9.17) is 4.74 Å². The molecule has 2 rings (SSSR count). The number of benzene rings is 1. The fourth-order valence-electron chi connectivity index (χ4n) is 2.33. The zero-order valence-corrected chi connectivity index (χ0v) is 12.3. The van der Waals surface area contributed by atoms with Crippen molar-refractivity contribution in [3.8, 4) is 5.75 Å². The van der Waals surface area contributed by atoms with Gasteiger partial charge in [0.25, 0.3) is 0 Å². The fourth-order valence-corrected chi connectivity index (χ4v) is 2.33. The number of aliphatic hydroxyl groups is 1. The highest BCUT2D eigenvalue weighted by Crippen LogP contribution is 2.26. The van der Waals surface area contributed by atoms with Crippen LogP contribution in [0.15, 0.2) is 18.2 Å². The first-order valence-corrected chi connectivity index (χ1v) is 6.96. The van der Waals surface area contributed by atoms with Crippen LogP contribution in [0.4, 0.5) is 4.79 Å². The molecule has 0 radical (unpaired) electrons. The highest BCUT2D eigenvalue weighted by molar-refractivity contribution is 5.76. The zero-order chi connectivity index (χ0) is 14.7. The molecule has 1 saturated heterocycles. The number of nitrogens with zero attached hydrogens (tertiary/aromatic N) is 2. The van der Waals surface area contributed by atoms with Gasteiger partial charge in [-0.1, -0.05) is 6.07 Å². The van der Waals surface area contributed by atoms with E-state index in [1.165, 1.54) is 0 Å². The monoisotopic (exact) mass is 278 g/mol. The van der Waals surface area contributed by atoms with Crippen LogP contribution in [0.5, 0.6) is 5.75 Å². The molecule has 2 amide bonds. The lowest BCUT2D eigenvalue weighted by Crippen LogP contribution is -2.29. The lowest BCUT2D eigenvalue weighted by molar-refractivity contribution is 0.195. The van der Waals surface area contributed by atoms with Crippen molar-refractivity contribution < 1.29 is 14.6 Å². The van der Waals surface area contributed by atoms with Crippen molar-refractivity contribution in [3.05, 3.63) is 29.3 Å². The quantitative estimate of drug-likeness (QED) is 0.896. The Hall–Kier alpha value is -1.75. The van der Waals surface area contributed by atoms with Crippen molar-refractivity contribution >= 4 is 6.03 Å². The number of hydrogen-bond acceptors (Lipinski definition) is 3. The number of amides is 2. The summed E-state index contributed by atoms with van der Waals surface area (Å²) in [4.78, 5) is 15.5. The molecule has 5 heteroatoms. The highest BCUT2D eigenvalue weighted by atomic mass is 16.5. The van der Waals surface area contributed by atoms with Gasteiger partial charge in [-0.2, -0.15) is 0 Å². The number of rotatable bonds is 5. The van der Waals surface area contributed by atoms with E-state index in [1.54, 1.807) is 23.8 Å². The average molecular weight is 278 g/mol. The Morgan fingerprint density at radius 1 is 1.40 bits per heavy atom. The summed E-state index contributed by atoms with van der Waals surface area (Å²) >= 11 is 0. The van der Waals surface area contributed by atoms with Gasteiger partial charge in [0.2, 0.25) is 0 Å². The first-order valence-electron chi connectivity index (χ1n) is 6.96. The Bertz CT molecular complexity index is 488. The predicted octanol–water partition coefficient (Wildman–Crippen LogP) is 2.01. The van der Waals surface area contributed by atoms with E-state index in [0.29, 0.717) is 13.2 Å². The highest BCUT2D eigenvalue weighted by Gasteiger charge is 2.26. The second-order valence-corrected chi connectivity index (χ2v) is 5.10. The molecule has 5 nitrogen and oxygen atoms in total. The summed E-state index contributed by atoms with van der Waals surface area (Å²) in [5.74, 6) is 0.777. The Balaban J connectivity index is 2.23. The number of ether oxygens (including phenoxy) is 1. The molecule has 1 fully saturated rings. The average Bonchev–Trinajstić information content (AvgIpc) is 2.73. The van der Waals surface area contributed by atoms with Crippen molar-refractivity contribution in [2.75, 3.05) is 26.7 Å². The standard InChI is InChI=1S/C15H22N2O3/c1-4-20-14-6-5-12(11(2)18)9-13(14)10-17-8-7-16(3)15(17)19/h5-6,9,11,18H,4,7-8,10H2,1-3H3. The van der Waals surface area contributed by atoms with Crippen molar-refractivity contribution in [2.45, 2.75) is 26.5 Å². The molecule has 0 aromatic heterocycles.